The summed E-state index contributed by atoms with van der Waals surface area (Å²) in [6, 6.07) is 21.8. The summed E-state index contributed by atoms with van der Waals surface area (Å²) in [5.41, 5.74) is 3.28. The summed E-state index contributed by atoms with van der Waals surface area (Å²) >= 11 is 0. The van der Waals surface area contributed by atoms with E-state index in [1.54, 1.807) is 6.07 Å². The molecule has 0 saturated carbocycles. The van der Waals surface area contributed by atoms with Crippen LogP contribution >= 0.6 is 0 Å². The first kappa shape index (κ1) is 18.0. The van der Waals surface area contributed by atoms with E-state index < -0.39 is 0 Å². The smallest absolute Gasteiger partial charge is 0.227 e. The fraction of sp³-hybridized carbons (Fsp3) is 0.261. The van der Waals surface area contributed by atoms with Crippen LogP contribution in [0.25, 0.3) is 11.3 Å². The highest BCUT2D eigenvalue weighted by atomic mass is 15.3. The highest BCUT2D eigenvalue weighted by molar-refractivity contribution is 5.70. The van der Waals surface area contributed by atoms with Crippen molar-refractivity contribution < 1.29 is 0 Å². The molecule has 0 atom stereocenters. The molecule has 1 N–H and O–H groups in total. The van der Waals surface area contributed by atoms with Gasteiger partial charge in [0.05, 0.1) is 16.9 Å². The Balaban J connectivity index is 1.74. The Kier molecular flexibility index (Phi) is 5.48. The lowest BCUT2D eigenvalue weighted by molar-refractivity contribution is 0.726. The number of nitrogens with one attached hydrogen (secondary N) is 1. The van der Waals surface area contributed by atoms with E-state index in [1.165, 1.54) is 25.7 Å². The van der Waals surface area contributed by atoms with E-state index in [2.05, 4.69) is 28.4 Å². The Morgan fingerprint density at radius 1 is 0.857 bits per heavy atom. The maximum absolute atomic E-state index is 9.39. The van der Waals surface area contributed by atoms with Gasteiger partial charge in [-0.15, -0.1) is 0 Å². The van der Waals surface area contributed by atoms with Gasteiger partial charge in [-0.1, -0.05) is 55.3 Å². The van der Waals surface area contributed by atoms with E-state index >= 15 is 0 Å². The first-order valence-corrected chi connectivity index (χ1v) is 9.79. The summed E-state index contributed by atoms with van der Waals surface area (Å²) in [7, 11) is 0. The van der Waals surface area contributed by atoms with Crippen LogP contribution in [0, 0.1) is 11.3 Å². The fourth-order valence-electron chi connectivity index (χ4n) is 3.50. The SMILES string of the molecule is N#Cc1ccccc1Nc1cc(-c2ccccc2)nc(N2CCCCCC2)n1. The second-order valence-corrected chi connectivity index (χ2v) is 6.99. The fourth-order valence-corrected chi connectivity index (χ4v) is 3.50. The molecule has 1 aromatic heterocycles. The predicted molar refractivity (Wildman–Crippen MR) is 113 cm³/mol. The van der Waals surface area contributed by atoms with Crippen molar-refractivity contribution >= 4 is 17.5 Å². The first-order chi connectivity index (χ1) is 13.8. The number of rotatable bonds is 4. The summed E-state index contributed by atoms with van der Waals surface area (Å²) in [5, 5.41) is 12.7. The molecule has 4 rings (SSSR count). The zero-order valence-electron chi connectivity index (χ0n) is 15.8. The van der Waals surface area contributed by atoms with Gasteiger partial charge in [-0.3, -0.25) is 0 Å². The molecule has 1 aliphatic heterocycles. The van der Waals surface area contributed by atoms with Crippen LogP contribution in [-0.2, 0) is 0 Å². The minimum absolute atomic E-state index is 0.596. The maximum atomic E-state index is 9.39. The number of hydrogen-bond acceptors (Lipinski definition) is 5. The molecule has 2 heterocycles. The number of para-hydroxylation sites is 1. The lowest BCUT2D eigenvalue weighted by Gasteiger charge is -2.22. The first-order valence-electron chi connectivity index (χ1n) is 9.79. The molecule has 0 unspecified atom stereocenters. The van der Waals surface area contributed by atoms with E-state index in [4.69, 9.17) is 9.97 Å². The maximum Gasteiger partial charge on any atom is 0.227 e. The van der Waals surface area contributed by atoms with Crippen molar-refractivity contribution in [2.24, 2.45) is 0 Å². The van der Waals surface area contributed by atoms with E-state index in [0.717, 1.165) is 36.0 Å². The van der Waals surface area contributed by atoms with Gasteiger partial charge >= 0.3 is 0 Å². The Morgan fingerprint density at radius 3 is 2.32 bits per heavy atom. The number of nitrogens with zero attached hydrogens (tertiary/aromatic N) is 4. The van der Waals surface area contributed by atoms with Crippen LogP contribution in [0.4, 0.5) is 17.5 Å². The molecule has 1 aliphatic rings. The van der Waals surface area contributed by atoms with Crippen molar-refractivity contribution in [2.45, 2.75) is 25.7 Å². The molecule has 5 heteroatoms. The van der Waals surface area contributed by atoms with Crippen LogP contribution in [0.1, 0.15) is 31.2 Å². The van der Waals surface area contributed by atoms with E-state index in [9.17, 15) is 5.26 Å². The van der Waals surface area contributed by atoms with Crippen molar-refractivity contribution in [3.8, 4) is 17.3 Å². The molecular weight excluding hydrogens is 346 g/mol. The van der Waals surface area contributed by atoms with Crippen molar-refractivity contribution in [3.63, 3.8) is 0 Å². The number of hydrogen-bond donors (Lipinski definition) is 1. The third kappa shape index (κ3) is 4.12. The summed E-state index contributed by atoms with van der Waals surface area (Å²) in [4.78, 5) is 11.9. The van der Waals surface area contributed by atoms with Crippen LogP contribution in [0.15, 0.2) is 60.7 Å². The monoisotopic (exact) mass is 369 g/mol. The van der Waals surface area contributed by atoms with Crippen molar-refractivity contribution in [1.29, 1.82) is 5.26 Å². The number of nitriles is 1. The minimum Gasteiger partial charge on any atom is -0.341 e. The van der Waals surface area contributed by atoms with Crippen LogP contribution in [0.2, 0.25) is 0 Å². The normalized spacial score (nSPS) is 14.2. The second kappa shape index (κ2) is 8.53. The summed E-state index contributed by atoms with van der Waals surface area (Å²) in [6.07, 6.45) is 4.85. The molecule has 5 nitrogen and oxygen atoms in total. The third-order valence-corrected chi connectivity index (χ3v) is 4.98. The van der Waals surface area contributed by atoms with Gasteiger partial charge in [0.1, 0.15) is 11.9 Å². The molecule has 0 bridgehead atoms. The Hall–Kier alpha value is -3.39. The molecule has 0 radical (unpaired) electrons. The van der Waals surface area contributed by atoms with Gasteiger partial charge in [0.25, 0.3) is 0 Å². The molecule has 0 spiro atoms. The largest absolute Gasteiger partial charge is 0.341 e. The van der Waals surface area contributed by atoms with Gasteiger partial charge in [-0.25, -0.2) is 4.98 Å². The second-order valence-electron chi connectivity index (χ2n) is 6.99. The number of aromatic nitrogens is 2. The quantitative estimate of drug-likeness (QED) is 0.690. The van der Waals surface area contributed by atoms with Gasteiger partial charge in [0, 0.05) is 24.7 Å². The third-order valence-electron chi connectivity index (χ3n) is 4.98. The summed E-state index contributed by atoms with van der Waals surface area (Å²) in [6.45, 7) is 1.96. The Bertz CT molecular complexity index is 970. The van der Waals surface area contributed by atoms with Crippen molar-refractivity contribution in [1.82, 2.24) is 9.97 Å². The van der Waals surface area contributed by atoms with Gasteiger partial charge in [-0.05, 0) is 25.0 Å². The topological polar surface area (TPSA) is 64.8 Å². The van der Waals surface area contributed by atoms with E-state index in [0.29, 0.717) is 11.4 Å². The molecule has 1 saturated heterocycles. The molecule has 3 aromatic rings. The average molecular weight is 369 g/mol. The summed E-state index contributed by atoms with van der Waals surface area (Å²) in [5.74, 6) is 1.45. The lowest BCUT2D eigenvalue weighted by atomic mass is 10.1. The van der Waals surface area contributed by atoms with Crippen LogP contribution in [0.3, 0.4) is 0 Å². The standard InChI is InChI=1S/C23H23N5/c24-17-19-12-6-7-13-20(19)25-22-16-21(18-10-4-3-5-11-18)26-23(27-22)28-14-8-1-2-9-15-28/h3-7,10-13,16H,1-2,8-9,14-15H2,(H,25,26,27). The molecule has 1 fully saturated rings. The molecule has 0 amide bonds. The highest BCUT2D eigenvalue weighted by Gasteiger charge is 2.16. The van der Waals surface area contributed by atoms with Gasteiger partial charge in [0.2, 0.25) is 5.95 Å². The van der Waals surface area contributed by atoms with Crippen molar-refractivity contribution in [2.75, 3.05) is 23.3 Å². The van der Waals surface area contributed by atoms with Crippen LogP contribution in [-0.4, -0.2) is 23.1 Å². The lowest BCUT2D eigenvalue weighted by Crippen LogP contribution is -2.26. The van der Waals surface area contributed by atoms with Gasteiger partial charge in [0.15, 0.2) is 0 Å². The summed E-state index contributed by atoms with van der Waals surface area (Å²) < 4.78 is 0. The van der Waals surface area contributed by atoms with E-state index in [-0.39, 0.29) is 0 Å². The van der Waals surface area contributed by atoms with Crippen molar-refractivity contribution in [3.05, 3.63) is 66.2 Å². The zero-order chi connectivity index (χ0) is 19.2. The molecule has 0 aliphatic carbocycles. The highest BCUT2D eigenvalue weighted by Crippen LogP contribution is 2.27. The van der Waals surface area contributed by atoms with Crippen LogP contribution < -0.4 is 10.2 Å². The Morgan fingerprint density at radius 2 is 1.57 bits per heavy atom. The molecular formula is C23H23N5. The predicted octanol–water partition coefficient (Wildman–Crippen LogP) is 5.14. The number of anilines is 3. The van der Waals surface area contributed by atoms with Crippen LogP contribution in [0.5, 0.6) is 0 Å². The molecule has 140 valence electrons. The molecule has 28 heavy (non-hydrogen) atoms. The Labute approximate surface area is 165 Å². The minimum atomic E-state index is 0.596. The molecule has 2 aromatic carbocycles. The average Bonchev–Trinajstić information content (AvgIpc) is 3.04. The van der Waals surface area contributed by atoms with Gasteiger partial charge in [-0.2, -0.15) is 10.2 Å². The van der Waals surface area contributed by atoms with E-state index in [1.807, 2.05) is 42.5 Å². The van der Waals surface area contributed by atoms with Gasteiger partial charge < -0.3 is 10.2 Å². The number of benzene rings is 2. The zero-order valence-corrected chi connectivity index (χ0v) is 15.8.